The Bertz CT molecular complexity index is 489. The molecule has 1 aromatic carbocycles. The van der Waals surface area contributed by atoms with Gasteiger partial charge in [0.05, 0.1) is 12.6 Å². The monoisotopic (exact) mass is 206 g/mol. The largest absolute Gasteiger partial charge is 0.494 e. The first-order valence-electron chi connectivity index (χ1n) is 4.82. The van der Waals surface area contributed by atoms with Gasteiger partial charge < -0.3 is 14.4 Å². The zero-order valence-corrected chi connectivity index (χ0v) is 9.06. The van der Waals surface area contributed by atoms with Crippen LogP contribution in [-0.2, 0) is 7.05 Å². The van der Waals surface area contributed by atoms with Crippen LogP contribution >= 0.6 is 0 Å². The number of aliphatic hydroxyl groups is 1. The fraction of sp³-hybridized carbons (Fsp3) is 0.364. The number of hydrogen-bond donors (Lipinski definition) is 1. The smallest absolute Gasteiger partial charge is 0.146 e. The SMILES string of the molecule is COc1cccc2c1nc(C(C)O)n2C. The van der Waals surface area contributed by atoms with Crippen molar-refractivity contribution in [3.63, 3.8) is 0 Å². The van der Waals surface area contributed by atoms with Crippen LogP contribution in [0.15, 0.2) is 18.2 Å². The number of rotatable bonds is 2. The van der Waals surface area contributed by atoms with Crippen LogP contribution in [0, 0.1) is 0 Å². The molecule has 1 atom stereocenters. The van der Waals surface area contributed by atoms with Crippen LogP contribution in [0.5, 0.6) is 5.75 Å². The number of hydrogen-bond acceptors (Lipinski definition) is 3. The van der Waals surface area contributed by atoms with Crippen molar-refractivity contribution >= 4 is 11.0 Å². The van der Waals surface area contributed by atoms with Crippen molar-refractivity contribution < 1.29 is 9.84 Å². The van der Waals surface area contributed by atoms with Gasteiger partial charge in [-0.3, -0.25) is 0 Å². The van der Waals surface area contributed by atoms with E-state index in [1.807, 2.05) is 29.8 Å². The fourth-order valence-corrected chi connectivity index (χ4v) is 1.75. The van der Waals surface area contributed by atoms with E-state index < -0.39 is 6.10 Å². The molecule has 4 nitrogen and oxygen atoms in total. The summed E-state index contributed by atoms with van der Waals surface area (Å²) in [6.45, 7) is 1.70. The summed E-state index contributed by atoms with van der Waals surface area (Å²) < 4.78 is 7.10. The third-order valence-corrected chi connectivity index (χ3v) is 2.50. The Labute approximate surface area is 88.1 Å². The normalized spacial score (nSPS) is 13.1. The van der Waals surface area contributed by atoms with Crippen LogP contribution < -0.4 is 4.74 Å². The van der Waals surface area contributed by atoms with Gasteiger partial charge in [0.25, 0.3) is 0 Å². The maximum Gasteiger partial charge on any atom is 0.146 e. The Morgan fingerprint density at radius 2 is 2.20 bits per heavy atom. The van der Waals surface area contributed by atoms with Crippen LogP contribution in [0.25, 0.3) is 11.0 Å². The molecule has 1 unspecified atom stereocenters. The summed E-state index contributed by atoms with van der Waals surface area (Å²) in [6, 6.07) is 5.73. The molecular formula is C11H14N2O2. The first kappa shape index (κ1) is 9.98. The molecule has 0 aliphatic heterocycles. The Balaban J connectivity index is 2.75. The van der Waals surface area contributed by atoms with Gasteiger partial charge in [-0.05, 0) is 19.1 Å². The molecule has 2 rings (SSSR count). The van der Waals surface area contributed by atoms with E-state index in [1.165, 1.54) is 0 Å². The lowest BCUT2D eigenvalue weighted by molar-refractivity contribution is 0.186. The summed E-state index contributed by atoms with van der Waals surface area (Å²) in [4.78, 5) is 4.37. The van der Waals surface area contributed by atoms with Crippen LogP contribution in [-0.4, -0.2) is 21.8 Å². The third-order valence-electron chi connectivity index (χ3n) is 2.50. The Morgan fingerprint density at radius 3 is 2.80 bits per heavy atom. The Kier molecular flexibility index (Phi) is 2.36. The molecule has 0 amide bonds. The van der Waals surface area contributed by atoms with Crippen molar-refractivity contribution in [1.82, 2.24) is 9.55 Å². The minimum atomic E-state index is -0.577. The molecule has 1 N–H and O–H groups in total. The number of aromatic nitrogens is 2. The molecule has 0 bridgehead atoms. The van der Waals surface area contributed by atoms with E-state index in [0.29, 0.717) is 5.82 Å². The standard InChI is InChI=1S/C11H14N2O2/c1-7(14)11-12-10-8(13(11)2)5-4-6-9(10)15-3/h4-7,14H,1-3H3. The Morgan fingerprint density at radius 1 is 1.47 bits per heavy atom. The van der Waals surface area contributed by atoms with Crippen molar-refractivity contribution in [3.8, 4) is 5.75 Å². The van der Waals surface area contributed by atoms with Gasteiger partial charge in [0, 0.05) is 7.05 Å². The van der Waals surface area contributed by atoms with Crippen molar-refractivity contribution in [2.45, 2.75) is 13.0 Å². The van der Waals surface area contributed by atoms with Crippen molar-refractivity contribution in [2.75, 3.05) is 7.11 Å². The second-order valence-corrected chi connectivity index (χ2v) is 3.53. The van der Waals surface area contributed by atoms with Gasteiger partial charge in [-0.1, -0.05) is 6.07 Å². The minimum absolute atomic E-state index is 0.577. The highest BCUT2D eigenvalue weighted by atomic mass is 16.5. The lowest BCUT2D eigenvalue weighted by Crippen LogP contribution is -2.01. The molecule has 0 aliphatic carbocycles. The number of nitrogens with zero attached hydrogens (tertiary/aromatic N) is 2. The maximum absolute atomic E-state index is 9.55. The van der Waals surface area contributed by atoms with Crippen LogP contribution in [0.3, 0.4) is 0 Å². The zero-order chi connectivity index (χ0) is 11.0. The second kappa shape index (κ2) is 3.55. The third kappa shape index (κ3) is 1.47. The average molecular weight is 206 g/mol. The number of imidazole rings is 1. The van der Waals surface area contributed by atoms with Gasteiger partial charge in [-0.15, -0.1) is 0 Å². The predicted molar refractivity (Wildman–Crippen MR) is 57.9 cm³/mol. The summed E-state index contributed by atoms with van der Waals surface area (Å²) in [5.74, 6) is 1.38. The highest BCUT2D eigenvalue weighted by Crippen LogP contribution is 2.26. The van der Waals surface area contributed by atoms with Crippen molar-refractivity contribution in [3.05, 3.63) is 24.0 Å². The van der Waals surface area contributed by atoms with Gasteiger partial charge in [0.2, 0.25) is 0 Å². The lowest BCUT2D eigenvalue weighted by Gasteiger charge is -2.03. The molecule has 0 saturated heterocycles. The lowest BCUT2D eigenvalue weighted by atomic mass is 10.3. The molecule has 80 valence electrons. The molecule has 2 aromatic rings. The van der Waals surface area contributed by atoms with E-state index in [2.05, 4.69) is 4.98 Å². The highest BCUT2D eigenvalue weighted by molar-refractivity contribution is 5.82. The number of benzene rings is 1. The minimum Gasteiger partial charge on any atom is -0.494 e. The highest BCUT2D eigenvalue weighted by Gasteiger charge is 2.14. The van der Waals surface area contributed by atoms with E-state index in [4.69, 9.17) is 4.74 Å². The fourth-order valence-electron chi connectivity index (χ4n) is 1.75. The summed E-state index contributed by atoms with van der Waals surface area (Å²) in [6.07, 6.45) is -0.577. The number of para-hydroxylation sites is 1. The van der Waals surface area contributed by atoms with E-state index in [1.54, 1.807) is 14.0 Å². The predicted octanol–water partition coefficient (Wildman–Crippen LogP) is 1.64. The van der Waals surface area contributed by atoms with Crippen LogP contribution in [0.4, 0.5) is 0 Å². The summed E-state index contributed by atoms with van der Waals surface area (Å²) in [5.41, 5.74) is 1.75. The van der Waals surface area contributed by atoms with Gasteiger partial charge in [0.15, 0.2) is 0 Å². The number of methoxy groups -OCH3 is 1. The molecule has 15 heavy (non-hydrogen) atoms. The summed E-state index contributed by atoms with van der Waals surface area (Å²) >= 11 is 0. The summed E-state index contributed by atoms with van der Waals surface area (Å²) in [7, 11) is 3.50. The summed E-state index contributed by atoms with van der Waals surface area (Å²) in [5, 5.41) is 9.55. The van der Waals surface area contributed by atoms with Crippen LogP contribution in [0.2, 0.25) is 0 Å². The van der Waals surface area contributed by atoms with E-state index in [0.717, 1.165) is 16.8 Å². The van der Waals surface area contributed by atoms with Gasteiger partial charge in [0.1, 0.15) is 23.2 Å². The van der Waals surface area contributed by atoms with Crippen molar-refractivity contribution in [1.29, 1.82) is 0 Å². The zero-order valence-electron chi connectivity index (χ0n) is 9.06. The quantitative estimate of drug-likeness (QED) is 0.812. The first-order chi connectivity index (χ1) is 7.15. The molecule has 4 heteroatoms. The Hall–Kier alpha value is -1.55. The molecule has 0 aliphatic rings. The molecule has 0 spiro atoms. The van der Waals surface area contributed by atoms with Crippen LogP contribution in [0.1, 0.15) is 18.9 Å². The van der Waals surface area contributed by atoms with Gasteiger partial charge in [-0.25, -0.2) is 4.98 Å². The first-order valence-corrected chi connectivity index (χ1v) is 4.82. The molecular weight excluding hydrogens is 192 g/mol. The number of aliphatic hydroxyl groups excluding tert-OH is 1. The van der Waals surface area contributed by atoms with E-state index in [-0.39, 0.29) is 0 Å². The number of aryl methyl sites for hydroxylation is 1. The maximum atomic E-state index is 9.55. The van der Waals surface area contributed by atoms with E-state index >= 15 is 0 Å². The molecule has 1 aromatic heterocycles. The molecule has 0 saturated carbocycles. The molecule has 0 radical (unpaired) electrons. The number of fused-ring (bicyclic) bond motifs is 1. The van der Waals surface area contributed by atoms with E-state index in [9.17, 15) is 5.11 Å². The number of ether oxygens (including phenoxy) is 1. The van der Waals surface area contributed by atoms with Gasteiger partial charge in [-0.2, -0.15) is 0 Å². The average Bonchev–Trinajstić information content (AvgIpc) is 2.56. The molecule has 0 fully saturated rings. The topological polar surface area (TPSA) is 47.3 Å². The second-order valence-electron chi connectivity index (χ2n) is 3.53. The molecule has 1 heterocycles. The van der Waals surface area contributed by atoms with Gasteiger partial charge >= 0.3 is 0 Å². The van der Waals surface area contributed by atoms with Crippen molar-refractivity contribution in [2.24, 2.45) is 7.05 Å².